The van der Waals surface area contributed by atoms with E-state index in [1.165, 1.54) is 27.9 Å². The molecular weight excluding hydrogens is 290 g/mol. The molecule has 1 heterocycles. The molecule has 24 heavy (non-hydrogen) atoms. The third-order valence-corrected chi connectivity index (χ3v) is 5.12. The number of rotatable bonds is 3. The fourth-order valence-electron chi connectivity index (χ4n) is 3.67. The average molecular weight is 313 g/mol. The SMILES string of the molecule is Cc1ccc(C2CN(c3ccccc3)C2c2ccc(C)cc2)cc1. The Morgan fingerprint density at radius 3 is 1.79 bits per heavy atom. The molecule has 1 fully saturated rings. The fourth-order valence-corrected chi connectivity index (χ4v) is 3.67. The minimum Gasteiger partial charge on any atom is -0.363 e. The van der Waals surface area contributed by atoms with Gasteiger partial charge < -0.3 is 4.90 Å². The first-order valence-electron chi connectivity index (χ1n) is 8.67. The Bertz CT molecular complexity index is 803. The van der Waals surface area contributed by atoms with E-state index < -0.39 is 0 Å². The lowest BCUT2D eigenvalue weighted by atomic mass is 9.78. The number of para-hydroxylation sites is 1. The van der Waals surface area contributed by atoms with Crippen LogP contribution in [0.3, 0.4) is 0 Å². The Hall–Kier alpha value is -2.54. The van der Waals surface area contributed by atoms with Gasteiger partial charge in [0, 0.05) is 18.2 Å². The number of benzene rings is 3. The molecule has 0 aliphatic carbocycles. The van der Waals surface area contributed by atoms with Crippen molar-refractivity contribution < 1.29 is 0 Å². The van der Waals surface area contributed by atoms with Crippen molar-refractivity contribution in [1.82, 2.24) is 0 Å². The van der Waals surface area contributed by atoms with Crippen molar-refractivity contribution in [2.75, 3.05) is 11.4 Å². The Morgan fingerprint density at radius 2 is 1.21 bits per heavy atom. The summed E-state index contributed by atoms with van der Waals surface area (Å²) < 4.78 is 0. The standard InChI is InChI=1S/C23H23N/c1-17-8-12-19(13-9-17)22-16-24(21-6-4-3-5-7-21)23(22)20-14-10-18(2)11-15-20/h3-15,22-23H,16H2,1-2H3. The van der Waals surface area contributed by atoms with E-state index in [1.807, 2.05) is 0 Å². The maximum atomic E-state index is 2.52. The van der Waals surface area contributed by atoms with Crippen LogP contribution in [0.5, 0.6) is 0 Å². The molecule has 2 atom stereocenters. The van der Waals surface area contributed by atoms with Crippen LogP contribution in [0.15, 0.2) is 78.9 Å². The number of anilines is 1. The molecule has 1 aliphatic heterocycles. The zero-order chi connectivity index (χ0) is 16.5. The second kappa shape index (κ2) is 6.16. The summed E-state index contributed by atoms with van der Waals surface area (Å²) >= 11 is 0. The van der Waals surface area contributed by atoms with Gasteiger partial charge in [-0.2, -0.15) is 0 Å². The van der Waals surface area contributed by atoms with Gasteiger partial charge in [0.15, 0.2) is 0 Å². The number of nitrogens with zero attached hydrogens (tertiary/aromatic N) is 1. The molecular formula is C23H23N. The van der Waals surface area contributed by atoms with E-state index in [9.17, 15) is 0 Å². The van der Waals surface area contributed by atoms with E-state index in [4.69, 9.17) is 0 Å². The van der Waals surface area contributed by atoms with Crippen LogP contribution in [0.2, 0.25) is 0 Å². The lowest BCUT2D eigenvalue weighted by molar-refractivity contribution is 0.391. The van der Waals surface area contributed by atoms with Crippen LogP contribution >= 0.6 is 0 Å². The van der Waals surface area contributed by atoms with Crippen LogP contribution in [0.25, 0.3) is 0 Å². The van der Waals surface area contributed by atoms with Gasteiger partial charge >= 0.3 is 0 Å². The van der Waals surface area contributed by atoms with Gasteiger partial charge in [-0.05, 0) is 37.1 Å². The topological polar surface area (TPSA) is 3.24 Å². The van der Waals surface area contributed by atoms with Crippen LogP contribution in [0, 0.1) is 13.8 Å². The highest BCUT2D eigenvalue weighted by Gasteiger charge is 2.40. The van der Waals surface area contributed by atoms with Crippen molar-refractivity contribution in [3.8, 4) is 0 Å². The number of hydrogen-bond acceptors (Lipinski definition) is 1. The lowest BCUT2D eigenvalue weighted by Gasteiger charge is -2.50. The number of aryl methyl sites for hydroxylation is 2. The lowest BCUT2D eigenvalue weighted by Crippen LogP contribution is -2.48. The number of hydrogen-bond donors (Lipinski definition) is 0. The zero-order valence-corrected chi connectivity index (χ0v) is 14.3. The molecule has 1 saturated heterocycles. The highest BCUT2D eigenvalue weighted by molar-refractivity contribution is 5.55. The van der Waals surface area contributed by atoms with Crippen LogP contribution < -0.4 is 4.90 Å². The van der Waals surface area contributed by atoms with Crippen LogP contribution in [0.1, 0.15) is 34.2 Å². The smallest absolute Gasteiger partial charge is 0.0628 e. The van der Waals surface area contributed by atoms with Gasteiger partial charge in [-0.1, -0.05) is 77.9 Å². The molecule has 120 valence electrons. The molecule has 0 aromatic heterocycles. The summed E-state index contributed by atoms with van der Waals surface area (Å²) in [7, 11) is 0. The molecule has 0 spiro atoms. The van der Waals surface area contributed by atoms with Gasteiger partial charge in [0.2, 0.25) is 0 Å². The minimum atomic E-state index is 0.413. The van der Waals surface area contributed by atoms with E-state index in [2.05, 4.69) is 97.6 Å². The first kappa shape index (κ1) is 15.0. The zero-order valence-electron chi connectivity index (χ0n) is 14.3. The minimum absolute atomic E-state index is 0.413. The maximum absolute atomic E-state index is 2.52. The molecule has 0 saturated carbocycles. The summed E-state index contributed by atoms with van der Waals surface area (Å²) in [4.78, 5) is 2.52. The summed E-state index contributed by atoms with van der Waals surface area (Å²) in [5, 5.41) is 0. The molecule has 3 aromatic carbocycles. The maximum Gasteiger partial charge on any atom is 0.0628 e. The molecule has 4 rings (SSSR count). The monoisotopic (exact) mass is 313 g/mol. The predicted molar refractivity (Wildman–Crippen MR) is 102 cm³/mol. The Morgan fingerprint density at radius 1 is 0.667 bits per heavy atom. The molecule has 1 heteroatoms. The third kappa shape index (κ3) is 2.71. The quantitative estimate of drug-likeness (QED) is 0.604. The molecule has 0 N–H and O–H groups in total. The van der Waals surface area contributed by atoms with Crippen molar-refractivity contribution in [3.63, 3.8) is 0 Å². The second-order valence-corrected chi connectivity index (χ2v) is 6.86. The normalized spacial score (nSPS) is 19.8. The van der Waals surface area contributed by atoms with E-state index in [-0.39, 0.29) is 0 Å². The molecule has 3 aromatic rings. The summed E-state index contributed by atoms with van der Waals surface area (Å²) in [5.74, 6) is 0.550. The van der Waals surface area contributed by atoms with Crippen LogP contribution in [-0.2, 0) is 0 Å². The van der Waals surface area contributed by atoms with Crippen LogP contribution in [-0.4, -0.2) is 6.54 Å². The third-order valence-electron chi connectivity index (χ3n) is 5.12. The Kier molecular flexibility index (Phi) is 3.86. The summed E-state index contributed by atoms with van der Waals surface area (Å²) in [6, 6.07) is 29.3. The van der Waals surface area contributed by atoms with Crippen LogP contribution in [0.4, 0.5) is 5.69 Å². The van der Waals surface area contributed by atoms with Crippen molar-refractivity contribution in [2.45, 2.75) is 25.8 Å². The predicted octanol–water partition coefficient (Wildman–Crippen LogP) is 5.65. The molecule has 0 amide bonds. The Balaban J connectivity index is 1.70. The van der Waals surface area contributed by atoms with Crippen molar-refractivity contribution >= 4 is 5.69 Å². The average Bonchev–Trinajstić information content (AvgIpc) is 2.59. The van der Waals surface area contributed by atoms with Crippen molar-refractivity contribution in [1.29, 1.82) is 0 Å². The van der Waals surface area contributed by atoms with Gasteiger partial charge in [-0.15, -0.1) is 0 Å². The molecule has 2 unspecified atom stereocenters. The van der Waals surface area contributed by atoms with Gasteiger partial charge in [0.05, 0.1) is 6.04 Å². The van der Waals surface area contributed by atoms with E-state index in [1.54, 1.807) is 0 Å². The van der Waals surface area contributed by atoms with Gasteiger partial charge in [-0.3, -0.25) is 0 Å². The van der Waals surface area contributed by atoms with Gasteiger partial charge in [-0.25, -0.2) is 0 Å². The molecule has 0 radical (unpaired) electrons. The molecule has 1 nitrogen and oxygen atoms in total. The first-order chi connectivity index (χ1) is 11.7. The fraction of sp³-hybridized carbons (Fsp3) is 0.217. The summed E-state index contributed by atoms with van der Waals surface area (Å²) in [6.45, 7) is 5.38. The van der Waals surface area contributed by atoms with E-state index in [0.29, 0.717) is 12.0 Å². The van der Waals surface area contributed by atoms with Gasteiger partial charge in [0.1, 0.15) is 0 Å². The second-order valence-electron chi connectivity index (χ2n) is 6.86. The highest BCUT2D eigenvalue weighted by atomic mass is 15.2. The summed E-state index contributed by atoms with van der Waals surface area (Å²) in [5.41, 5.74) is 6.80. The van der Waals surface area contributed by atoms with Gasteiger partial charge in [0.25, 0.3) is 0 Å². The van der Waals surface area contributed by atoms with Crippen molar-refractivity contribution in [3.05, 3.63) is 101 Å². The Labute approximate surface area is 144 Å². The van der Waals surface area contributed by atoms with E-state index >= 15 is 0 Å². The van der Waals surface area contributed by atoms with E-state index in [0.717, 1.165) is 6.54 Å². The first-order valence-corrected chi connectivity index (χ1v) is 8.67. The largest absolute Gasteiger partial charge is 0.363 e. The van der Waals surface area contributed by atoms with Crippen molar-refractivity contribution in [2.24, 2.45) is 0 Å². The molecule has 1 aliphatic rings. The summed E-state index contributed by atoms with van der Waals surface area (Å²) in [6.07, 6.45) is 0. The highest BCUT2D eigenvalue weighted by Crippen LogP contribution is 2.47. The molecule has 0 bridgehead atoms.